The van der Waals surface area contributed by atoms with Crippen molar-refractivity contribution in [3.05, 3.63) is 23.8 Å². The number of hydrogen-bond acceptors (Lipinski definition) is 4. The van der Waals surface area contributed by atoms with Gasteiger partial charge in [-0.1, -0.05) is 20.8 Å². The Morgan fingerprint density at radius 2 is 2.04 bits per heavy atom. The van der Waals surface area contributed by atoms with Crippen molar-refractivity contribution in [1.29, 1.82) is 5.26 Å². The van der Waals surface area contributed by atoms with Crippen LogP contribution >= 0.6 is 0 Å². The van der Waals surface area contributed by atoms with Crippen LogP contribution in [0.2, 0.25) is 0 Å². The van der Waals surface area contributed by atoms with E-state index in [9.17, 15) is 10.1 Å². The number of nitrogens with one attached hydrogen (secondary N) is 1. The Kier molecular flexibility index (Phi) is 7.24. The minimum Gasteiger partial charge on any atom is -0.491 e. The van der Waals surface area contributed by atoms with Gasteiger partial charge >= 0.3 is 0 Å². The van der Waals surface area contributed by atoms with E-state index in [2.05, 4.69) is 11.4 Å². The molecular weight excluding hydrogens is 304 g/mol. The van der Waals surface area contributed by atoms with Gasteiger partial charge in [0.15, 0.2) is 0 Å². The van der Waals surface area contributed by atoms with Gasteiger partial charge in [0, 0.05) is 13.2 Å². The quantitative estimate of drug-likeness (QED) is 0.777. The van der Waals surface area contributed by atoms with Crippen LogP contribution in [0.1, 0.15) is 53.0 Å². The molecule has 0 bridgehead atoms. The molecule has 0 saturated carbocycles. The third-order valence-electron chi connectivity index (χ3n) is 4.00. The second kappa shape index (κ2) is 8.70. The van der Waals surface area contributed by atoms with E-state index in [1.165, 1.54) is 7.11 Å². The van der Waals surface area contributed by atoms with Gasteiger partial charge in [0.1, 0.15) is 17.4 Å². The molecule has 0 aliphatic rings. The van der Waals surface area contributed by atoms with Crippen molar-refractivity contribution in [2.24, 2.45) is 5.92 Å². The van der Waals surface area contributed by atoms with Crippen molar-refractivity contribution < 1.29 is 14.3 Å². The Hall–Kier alpha value is -2.06. The number of rotatable bonds is 8. The zero-order valence-electron chi connectivity index (χ0n) is 15.5. The number of nitriles is 1. The number of nitrogens with zero attached hydrogens (tertiary/aromatic N) is 1. The fraction of sp³-hybridized carbons (Fsp3) is 0.579. The zero-order chi connectivity index (χ0) is 18.3. The van der Waals surface area contributed by atoms with Crippen LogP contribution in [0.3, 0.4) is 0 Å². The summed E-state index contributed by atoms with van der Waals surface area (Å²) in [5, 5.41) is 12.2. The van der Waals surface area contributed by atoms with Crippen LogP contribution < -0.4 is 10.1 Å². The summed E-state index contributed by atoms with van der Waals surface area (Å²) < 4.78 is 11.1. The van der Waals surface area contributed by atoms with Gasteiger partial charge in [0.05, 0.1) is 17.4 Å². The van der Waals surface area contributed by atoms with Crippen molar-refractivity contribution in [2.75, 3.05) is 12.4 Å². The number of amides is 1. The van der Waals surface area contributed by atoms with Crippen LogP contribution in [0.25, 0.3) is 0 Å². The minimum atomic E-state index is -0.938. The van der Waals surface area contributed by atoms with Crippen molar-refractivity contribution in [3.63, 3.8) is 0 Å². The lowest BCUT2D eigenvalue weighted by Gasteiger charge is -2.28. The van der Waals surface area contributed by atoms with E-state index < -0.39 is 5.60 Å². The Bertz CT molecular complexity index is 607. The van der Waals surface area contributed by atoms with E-state index in [4.69, 9.17) is 9.47 Å². The van der Waals surface area contributed by atoms with Crippen LogP contribution in [-0.4, -0.2) is 24.7 Å². The first-order valence-corrected chi connectivity index (χ1v) is 8.33. The average Bonchev–Trinajstić information content (AvgIpc) is 2.55. The molecule has 1 aromatic carbocycles. The van der Waals surface area contributed by atoms with Crippen LogP contribution in [-0.2, 0) is 9.53 Å². The fourth-order valence-electron chi connectivity index (χ4n) is 2.42. The average molecular weight is 332 g/mol. The van der Waals surface area contributed by atoms with Gasteiger partial charge in [0.2, 0.25) is 0 Å². The minimum absolute atomic E-state index is 0.0693. The summed E-state index contributed by atoms with van der Waals surface area (Å²) in [6.45, 7) is 9.83. The molecule has 1 aromatic rings. The zero-order valence-corrected chi connectivity index (χ0v) is 15.5. The molecule has 0 saturated heterocycles. The maximum Gasteiger partial charge on any atom is 0.256 e. The normalized spacial score (nSPS) is 14.6. The molecule has 0 aliphatic carbocycles. The maximum atomic E-state index is 12.6. The fourth-order valence-corrected chi connectivity index (χ4v) is 2.42. The number of carbonyl (C=O) groups is 1. The van der Waals surface area contributed by atoms with Gasteiger partial charge < -0.3 is 14.8 Å². The van der Waals surface area contributed by atoms with Crippen molar-refractivity contribution >= 4 is 11.6 Å². The van der Waals surface area contributed by atoms with Crippen LogP contribution in [0.5, 0.6) is 5.75 Å². The van der Waals surface area contributed by atoms with Gasteiger partial charge in [-0.3, -0.25) is 4.79 Å². The predicted octanol–water partition coefficient (Wildman–Crippen LogP) is 4.13. The SMILES string of the molecule is CC[C@H](C)Oc1ccc(NC(=O)[C@@](C)(CC(C)C)OC)c(C#N)c1. The van der Waals surface area contributed by atoms with Crippen LogP contribution in [0, 0.1) is 17.2 Å². The monoisotopic (exact) mass is 332 g/mol. The van der Waals surface area contributed by atoms with Crippen LogP contribution in [0.4, 0.5) is 5.69 Å². The lowest BCUT2D eigenvalue weighted by molar-refractivity contribution is -0.137. The third-order valence-corrected chi connectivity index (χ3v) is 4.00. The molecular formula is C19H28N2O3. The highest BCUT2D eigenvalue weighted by molar-refractivity contribution is 5.98. The molecule has 5 heteroatoms. The summed E-state index contributed by atoms with van der Waals surface area (Å²) in [6.07, 6.45) is 1.54. The summed E-state index contributed by atoms with van der Waals surface area (Å²) in [5.41, 5.74) is -0.106. The first-order valence-electron chi connectivity index (χ1n) is 8.33. The second-order valence-electron chi connectivity index (χ2n) is 6.64. The largest absolute Gasteiger partial charge is 0.491 e. The first kappa shape index (κ1) is 20.0. The summed E-state index contributed by atoms with van der Waals surface area (Å²) in [5.74, 6) is 0.670. The van der Waals surface area contributed by atoms with Crippen molar-refractivity contribution in [2.45, 2.75) is 59.2 Å². The summed E-state index contributed by atoms with van der Waals surface area (Å²) in [6, 6.07) is 7.21. The number of carbonyl (C=O) groups excluding carboxylic acids is 1. The van der Waals surface area contributed by atoms with E-state index in [-0.39, 0.29) is 12.0 Å². The smallest absolute Gasteiger partial charge is 0.256 e. The molecule has 24 heavy (non-hydrogen) atoms. The third kappa shape index (κ3) is 5.24. The van der Waals surface area contributed by atoms with Gasteiger partial charge in [-0.05, 0) is 44.7 Å². The molecule has 1 N–H and O–H groups in total. The molecule has 1 rings (SSSR count). The molecule has 0 unspecified atom stereocenters. The summed E-state index contributed by atoms with van der Waals surface area (Å²) in [4.78, 5) is 12.6. The second-order valence-corrected chi connectivity index (χ2v) is 6.64. The predicted molar refractivity (Wildman–Crippen MR) is 95.0 cm³/mol. The Morgan fingerprint density at radius 1 is 1.38 bits per heavy atom. The number of ether oxygens (including phenoxy) is 2. The lowest BCUT2D eigenvalue weighted by Crippen LogP contribution is -2.43. The highest BCUT2D eigenvalue weighted by atomic mass is 16.5. The lowest BCUT2D eigenvalue weighted by atomic mass is 9.93. The van der Waals surface area contributed by atoms with E-state index in [1.807, 2.05) is 27.7 Å². The standard InChI is InChI=1S/C19H28N2O3/c1-7-14(4)24-16-8-9-17(15(10-16)12-20)21-18(22)19(5,23-6)11-13(2)3/h8-10,13-14H,7,11H2,1-6H3,(H,21,22)/t14-,19+/m0/s1. The molecule has 0 heterocycles. The van der Waals surface area contributed by atoms with Crippen molar-refractivity contribution in [1.82, 2.24) is 0 Å². The van der Waals surface area contributed by atoms with Crippen molar-refractivity contribution in [3.8, 4) is 11.8 Å². The number of benzene rings is 1. The van der Waals surface area contributed by atoms with Gasteiger partial charge in [-0.25, -0.2) is 0 Å². The van der Waals surface area contributed by atoms with E-state index in [1.54, 1.807) is 25.1 Å². The maximum absolute atomic E-state index is 12.6. The van der Waals surface area contributed by atoms with E-state index >= 15 is 0 Å². The van der Waals surface area contributed by atoms with Gasteiger partial charge in [0.25, 0.3) is 5.91 Å². The van der Waals surface area contributed by atoms with Crippen LogP contribution in [0.15, 0.2) is 18.2 Å². The number of anilines is 1. The molecule has 1 amide bonds. The molecule has 0 radical (unpaired) electrons. The Labute approximate surface area is 145 Å². The van der Waals surface area contributed by atoms with E-state index in [0.717, 1.165) is 6.42 Å². The highest BCUT2D eigenvalue weighted by Crippen LogP contribution is 2.26. The highest BCUT2D eigenvalue weighted by Gasteiger charge is 2.34. The summed E-state index contributed by atoms with van der Waals surface area (Å²) in [7, 11) is 1.52. The van der Waals surface area contributed by atoms with E-state index in [0.29, 0.717) is 29.3 Å². The summed E-state index contributed by atoms with van der Waals surface area (Å²) >= 11 is 0. The molecule has 5 nitrogen and oxygen atoms in total. The molecule has 0 aliphatic heterocycles. The number of hydrogen-bond donors (Lipinski definition) is 1. The molecule has 0 aromatic heterocycles. The molecule has 2 atom stereocenters. The molecule has 0 fully saturated rings. The molecule has 132 valence electrons. The van der Waals surface area contributed by atoms with Gasteiger partial charge in [-0.2, -0.15) is 5.26 Å². The Balaban J connectivity index is 2.98. The Morgan fingerprint density at radius 3 is 2.54 bits per heavy atom. The molecule has 0 spiro atoms. The topological polar surface area (TPSA) is 71.3 Å². The van der Waals surface area contributed by atoms with Gasteiger partial charge in [-0.15, -0.1) is 0 Å². The number of methoxy groups -OCH3 is 1. The first-order chi connectivity index (χ1) is 11.3.